The maximum Gasteiger partial charge on any atom is 0.573 e. The number of carbonyl (C=O) groups excluding carboxylic acids is 1. The number of nitrogens with one attached hydrogen (secondary N) is 1. The summed E-state index contributed by atoms with van der Waals surface area (Å²) in [6.07, 6.45) is -3.03. The van der Waals surface area contributed by atoms with Crippen LogP contribution in [-0.2, 0) is 6.61 Å². The van der Waals surface area contributed by atoms with Crippen molar-refractivity contribution in [3.63, 3.8) is 0 Å². The van der Waals surface area contributed by atoms with E-state index in [0.717, 1.165) is 17.7 Å². The molecule has 0 atom stereocenters. The molecule has 10 heteroatoms. The smallest absolute Gasteiger partial charge is 0.489 e. The van der Waals surface area contributed by atoms with E-state index in [9.17, 15) is 18.0 Å². The molecule has 0 aliphatic rings. The summed E-state index contributed by atoms with van der Waals surface area (Å²) >= 11 is 0. The number of amides is 1. The lowest BCUT2D eigenvalue weighted by atomic mass is 10.2. The molecule has 1 amide bonds. The molecule has 4 rings (SSSR count). The molecule has 0 unspecified atom stereocenters. The second kappa shape index (κ2) is 10.7. The first-order valence-corrected chi connectivity index (χ1v) is 11.2. The summed E-state index contributed by atoms with van der Waals surface area (Å²) in [5.41, 5.74) is 3.67. The molecule has 0 radical (unpaired) electrons. The molecule has 7 nitrogen and oxygen atoms in total. The molecule has 1 aromatic heterocycles. The Bertz CT molecular complexity index is 1320. The van der Waals surface area contributed by atoms with Crippen LogP contribution in [0.25, 0.3) is 16.7 Å². The van der Waals surface area contributed by atoms with E-state index in [-0.39, 0.29) is 18.3 Å². The molecule has 4 aromatic rings. The predicted octanol–water partition coefficient (Wildman–Crippen LogP) is 4.79. The number of benzene rings is 3. The minimum absolute atomic E-state index is 0.141. The zero-order valence-corrected chi connectivity index (χ0v) is 19.7. The van der Waals surface area contributed by atoms with Crippen LogP contribution in [0.4, 0.5) is 13.2 Å². The monoisotopic (exact) mass is 498 g/mol. The van der Waals surface area contributed by atoms with E-state index in [1.807, 2.05) is 41.8 Å². The second-order valence-corrected chi connectivity index (χ2v) is 8.35. The summed E-state index contributed by atoms with van der Waals surface area (Å²) < 4.78 is 48.3. The minimum Gasteiger partial charge on any atom is -0.489 e. The van der Waals surface area contributed by atoms with Crippen molar-refractivity contribution in [2.75, 3.05) is 27.2 Å². The molecule has 0 saturated heterocycles. The third kappa shape index (κ3) is 6.54. The fourth-order valence-corrected chi connectivity index (χ4v) is 3.51. The first-order valence-electron chi connectivity index (χ1n) is 11.2. The maximum atomic E-state index is 12.4. The van der Waals surface area contributed by atoms with Crippen molar-refractivity contribution in [3.8, 4) is 17.2 Å². The van der Waals surface area contributed by atoms with Gasteiger partial charge in [0.1, 0.15) is 24.4 Å². The van der Waals surface area contributed by atoms with E-state index in [2.05, 4.69) is 15.0 Å². The van der Waals surface area contributed by atoms with Crippen LogP contribution in [0.1, 0.15) is 15.9 Å². The molecule has 0 aliphatic heterocycles. The van der Waals surface area contributed by atoms with Crippen molar-refractivity contribution in [1.29, 1.82) is 0 Å². The Morgan fingerprint density at radius 2 is 1.69 bits per heavy atom. The number of likely N-dealkylation sites (N-methyl/N-ethyl adjacent to an activating group) is 1. The molecule has 0 saturated carbocycles. The zero-order valence-electron chi connectivity index (χ0n) is 19.7. The molecule has 3 aromatic carbocycles. The molecular weight excluding hydrogens is 473 g/mol. The topological polar surface area (TPSA) is 68.6 Å². The van der Waals surface area contributed by atoms with Crippen LogP contribution in [0.15, 0.2) is 73.1 Å². The number of fused-ring (bicyclic) bond motifs is 1. The Kier molecular flexibility index (Phi) is 7.44. The SMILES string of the molecule is CN(C)CCNC(=O)c1ccc2c(c1)ncn2-c1ccc(OCc2ccc(OC(F)(F)F)cc2)cc1. The highest BCUT2D eigenvalue weighted by Gasteiger charge is 2.30. The number of imidazole rings is 1. The lowest BCUT2D eigenvalue weighted by Gasteiger charge is -2.11. The number of carbonyl (C=O) groups is 1. The van der Waals surface area contributed by atoms with Crippen LogP contribution >= 0.6 is 0 Å². The van der Waals surface area contributed by atoms with Crippen molar-refractivity contribution >= 4 is 16.9 Å². The molecule has 0 spiro atoms. The van der Waals surface area contributed by atoms with Gasteiger partial charge in [-0.05, 0) is 74.3 Å². The zero-order chi connectivity index (χ0) is 25.7. The van der Waals surface area contributed by atoms with Crippen LogP contribution in [-0.4, -0.2) is 53.9 Å². The highest BCUT2D eigenvalue weighted by molar-refractivity contribution is 5.97. The van der Waals surface area contributed by atoms with E-state index < -0.39 is 6.36 Å². The van der Waals surface area contributed by atoms with Gasteiger partial charge in [0, 0.05) is 24.3 Å². The number of aromatic nitrogens is 2. The molecule has 1 N–H and O–H groups in total. The Morgan fingerprint density at radius 1 is 1.00 bits per heavy atom. The van der Waals surface area contributed by atoms with Crippen LogP contribution in [0.3, 0.4) is 0 Å². The number of rotatable bonds is 9. The third-order valence-electron chi connectivity index (χ3n) is 5.33. The van der Waals surface area contributed by atoms with E-state index >= 15 is 0 Å². The summed E-state index contributed by atoms with van der Waals surface area (Å²) in [5.74, 6) is 0.188. The Morgan fingerprint density at radius 3 is 2.36 bits per heavy atom. The average Bonchev–Trinajstić information content (AvgIpc) is 3.26. The number of hydrogen-bond acceptors (Lipinski definition) is 5. The number of halogens is 3. The second-order valence-electron chi connectivity index (χ2n) is 8.35. The molecule has 0 bridgehead atoms. The predicted molar refractivity (Wildman–Crippen MR) is 129 cm³/mol. The highest BCUT2D eigenvalue weighted by Crippen LogP contribution is 2.24. The van der Waals surface area contributed by atoms with Crippen LogP contribution in [0, 0.1) is 0 Å². The first-order chi connectivity index (χ1) is 17.2. The van der Waals surface area contributed by atoms with Gasteiger partial charge in [0.2, 0.25) is 0 Å². The lowest BCUT2D eigenvalue weighted by molar-refractivity contribution is -0.274. The Labute approximate surface area is 206 Å². The average molecular weight is 499 g/mol. The summed E-state index contributed by atoms with van der Waals surface area (Å²) in [6, 6.07) is 18.3. The van der Waals surface area contributed by atoms with E-state index in [4.69, 9.17) is 4.74 Å². The fourth-order valence-electron chi connectivity index (χ4n) is 3.51. The quantitative estimate of drug-likeness (QED) is 0.359. The van der Waals surface area contributed by atoms with E-state index in [1.165, 1.54) is 24.3 Å². The third-order valence-corrected chi connectivity index (χ3v) is 5.33. The van der Waals surface area contributed by atoms with Gasteiger partial charge in [0.05, 0.1) is 11.0 Å². The van der Waals surface area contributed by atoms with Crippen molar-refractivity contribution in [3.05, 3.63) is 84.2 Å². The van der Waals surface area contributed by atoms with Gasteiger partial charge in [0.15, 0.2) is 0 Å². The minimum atomic E-state index is -4.72. The van der Waals surface area contributed by atoms with Crippen molar-refractivity contribution in [2.24, 2.45) is 0 Å². The van der Waals surface area contributed by atoms with Gasteiger partial charge in [0.25, 0.3) is 5.91 Å². The van der Waals surface area contributed by atoms with Gasteiger partial charge in [-0.15, -0.1) is 13.2 Å². The summed E-state index contributed by atoms with van der Waals surface area (Å²) in [7, 11) is 3.89. The Balaban J connectivity index is 1.38. The molecule has 0 aliphatic carbocycles. The first kappa shape index (κ1) is 25.1. The van der Waals surface area contributed by atoms with E-state index in [0.29, 0.717) is 28.9 Å². The fraction of sp³-hybridized carbons (Fsp3) is 0.231. The molecular formula is C26H25F3N4O3. The number of ether oxygens (including phenoxy) is 2. The number of hydrogen-bond donors (Lipinski definition) is 1. The van der Waals surface area contributed by atoms with Crippen molar-refractivity contribution < 1.29 is 27.4 Å². The van der Waals surface area contributed by atoms with Crippen LogP contribution < -0.4 is 14.8 Å². The van der Waals surface area contributed by atoms with Gasteiger partial charge >= 0.3 is 6.36 Å². The van der Waals surface area contributed by atoms with Crippen molar-refractivity contribution in [2.45, 2.75) is 13.0 Å². The standard InChI is InChI=1S/C26H25F3N4O3/c1-32(2)14-13-30-25(34)19-5-12-24-23(15-19)31-17-33(24)20-6-10-21(11-7-20)35-16-18-3-8-22(9-4-18)36-26(27,28)29/h3-12,15,17H,13-14,16H2,1-2H3,(H,30,34). The molecule has 0 fully saturated rings. The van der Waals surface area contributed by atoms with Gasteiger partial charge in [-0.25, -0.2) is 4.98 Å². The molecule has 1 heterocycles. The summed E-state index contributed by atoms with van der Waals surface area (Å²) in [6.45, 7) is 1.51. The van der Waals surface area contributed by atoms with E-state index in [1.54, 1.807) is 30.6 Å². The van der Waals surface area contributed by atoms with Crippen molar-refractivity contribution in [1.82, 2.24) is 19.8 Å². The molecule has 188 valence electrons. The van der Waals surface area contributed by atoms with Crippen LogP contribution in [0.5, 0.6) is 11.5 Å². The lowest BCUT2D eigenvalue weighted by Crippen LogP contribution is -2.31. The summed E-state index contributed by atoms with van der Waals surface area (Å²) in [5, 5.41) is 2.89. The van der Waals surface area contributed by atoms with Gasteiger partial charge in [-0.2, -0.15) is 0 Å². The van der Waals surface area contributed by atoms with Gasteiger partial charge in [-0.3, -0.25) is 9.36 Å². The highest BCUT2D eigenvalue weighted by atomic mass is 19.4. The van der Waals surface area contributed by atoms with Gasteiger partial charge in [-0.1, -0.05) is 12.1 Å². The van der Waals surface area contributed by atoms with Gasteiger partial charge < -0.3 is 19.7 Å². The largest absolute Gasteiger partial charge is 0.573 e. The maximum absolute atomic E-state index is 12.4. The number of nitrogens with zero attached hydrogens (tertiary/aromatic N) is 3. The summed E-state index contributed by atoms with van der Waals surface area (Å²) in [4.78, 5) is 18.8. The number of alkyl halides is 3. The normalized spacial score (nSPS) is 11.6. The molecule has 36 heavy (non-hydrogen) atoms. The Hall–Kier alpha value is -4.05. The van der Waals surface area contributed by atoms with Crippen LogP contribution in [0.2, 0.25) is 0 Å².